The zero-order valence-electron chi connectivity index (χ0n) is 18.5. The van der Waals surface area contributed by atoms with E-state index in [1.54, 1.807) is 23.1 Å². The molecule has 0 radical (unpaired) electrons. The number of aromatic amines is 1. The molecular formula is C23H22F3N3O6. The van der Waals surface area contributed by atoms with Gasteiger partial charge in [-0.05, 0) is 35.9 Å². The van der Waals surface area contributed by atoms with Gasteiger partial charge in [0.15, 0.2) is 11.4 Å². The van der Waals surface area contributed by atoms with E-state index in [0.717, 1.165) is 12.1 Å². The number of nitrogens with zero attached hydrogens (tertiary/aromatic N) is 2. The number of H-pyrrole nitrogens is 1. The van der Waals surface area contributed by atoms with Gasteiger partial charge in [0.25, 0.3) is 0 Å². The molecule has 1 amide bonds. The first kappa shape index (κ1) is 24.3. The van der Waals surface area contributed by atoms with Crippen molar-refractivity contribution in [2.24, 2.45) is 0 Å². The molecule has 0 saturated carbocycles. The Balaban J connectivity index is 1.18. The van der Waals surface area contributed by atoms with Crippen molar-refractivity contribution in [3.8, 4) is 5.75 Å². The van der Waals surface area contributed by atoms with Gasteiger partial charge in [0.1, 0.15) is 12.4 Å². The van der Waals surface area contributed by atoms with E-state index in [1.165, 1.54) is 12.1 Å². The lowest BCUT2D eigenvalue weighted by molar-refractivity contribution is -0.274. The smallest absolute Gasteiger partial charge is 0.445 e. The van der Waals surface area contributed by atoms with Gasteiger partial charge in [-0.2, -0.15) is 0 Å². The van der Waals surface area contributed by atoms with E-state index in [0.29, 0.717) is 55.0 Å². The number of alkyl halides is 3. The highest BCUT2D eigenvalue weighted by molar-refractivity contribution is 5.98. The number of carbonyl (C=O) groups is 2. The Morgan fingerprint density at radius 2 is 1.74 bits per heavy atom. The van der Waals surface area contributed by atoms with E-state index in [-0.39, 0.29) is 24.6 Å². The van der Waals surface area contributed by atoms with Crippen LogP contribution in [0.5, 0.6) is 5.75 Å². The van der Waals surface area contributed by atoms with Crippen LogP contribution in [0.25, 0.3) is 11.1 Å². The van der Waals surface area contributed by atoms with Crippen molar-refractivity contribution >= 4 is 23.0 Å². The van der Waals surface area contributed by atoms with Crippen LogP contribution in [-0.2, 0) is 11.3 Å². The summed E-state index contributed by atoms with van der Waals surface area (Å²) in [6.07, 6.45) is -5.00. The Morgan fingerprint density at radius 3 is 2.43 bits per heavy atom. The SMILES string of the molecule is O=C(CCN1CCN(C(=O)OCc2ccc(OC(F)(F)F)cc2)CC1)c1ccc2[nH]c(=O)oc2c1. The number of carbonyl (C=O) groups excluding carboxylic acids is 2. The summed E-state index contributed by atoms with van der Waals surface area (Å²) >= 11 is 0. The van der Waals surface area contributed by atoms with Gasteiger partial charge in [-0.15, -0.1) is 13.2 Å². The number of benzene rings is 2. The summed E-state index contributed by atoms with van der Waals surface area (Å²) in [6.45, 7) is 2.42. The predicted molar refractivity (Wildman–Crippen MR) is 117 cm³/mol. The summed E-state index contributed by atoms with van der Waals surface area (Å²) in [6, 6.07) is 9.91. The third kappa shape index (κ3) is 6.63. The molecule has 1 aliphatic rings. The molecule has 12 heteroatoms. The van der Waals surface area contributed by atoms with Gasteiger partial charge < -0.3 is 18.8 Å². The minimum absolute atomic E-state index is 0.0779. The molecule has 0 atom stereocenters. The van der Waals surface area contributed by atoms with Gasteiger partial charge in [0.2, 0.25) is 0 Å². The molecule has 2 aromatic carbocycles. The number of rotatable bonds is 7. The molecular weight excluding hydrogens is 471 g/mol. The third-order valence-electron chi connectivity index (χ3n) is 5.55. The van der Waals surface area contributed by atoms with Gasteiger partial charge in [-0.1, -0.05) is 12.1 Å². The van der Waals surface area contributed by atoms with Gasteiger partial charge in [-0.25, -0.2) is 9.59 Å². The molecule has 0 unspecified atom stereocenters. The molecule has 1 N–H and O–H groups in total. The number of hydrogen-bond donors (Lipinski definition) is 1. The molecule has 35 heavy (non-hydrogen) atoms. The van der Waals surface area contributed by atoms with Crippen molar-refractivity contribution in [3.63, 3.8) is 0 Å². The average molecular weight is 493 g/mol. The average Bonchev–Trinajstić information content (AvgIpc) is 3.20. The number of aromatic nitrogens is 1. The number of Topliss-reactive ketones (excluding diaryl/α,β-unsaturated/α-hetero) is 1. The largest absolute Gasteiger partial charge is 0.573 e. The molecule has 0 aliphatic carbocycles. The van der Waals surface area contributed by atoms with Gasteiger partial charge in [-0.3, -0.25) is 14.7 Å². The monoisotopic (exact) mass is 493 g/mol. The van der Waals surface area contributed by atoms with Crippen molar-refractivity contribution in [2.75, 3.05) is 32.7 Å². The van der Waals surface area contributed by atoms with Crippen molar-refractivity contribution in [2.45, 2.75) is 19.4 Å². The van der Waals surface area contributed by atoms with Crippen LogP contribution in [0.15, 0.2) is 51.7 Å². The summed E-state index contributed by atoms with van der Waals surface area (Å²) in [4.78, 5) is 42.2. The summed E-state index contributed by atoms with van der Waals surface area (Å²) < 4.78 is 50.7. The van der Waals surface area contributed by atoms with Crippen LogP contribution < -0.4 is 10.5 Å². The van der Waals surface area contributed by atoms with Gasteiger partial charge >= 0.3 is 18.2 Å². The topological polar surface area (TPSA) is 105 Å². The Labute approximate surface area is 197 Å². The summed E-state index contributed by atoms with van der Waals surface area (Å²) in [5.74, 6) is -1.00. The van der Waals surface area contributed by atoms with E-state index in [9.17, 15) is 27.6 Å². The maximum atomic E-state index is 12.5. The van der Waals surface area contributed by atoms with Crippen LogP contribution >= 0.6 is 0 Å². The van der Waals surface area contributed by atoms with Crippen LogP contribution in [0.4, 0.5) is 18.0 Å². The Kier molecular flexibility index (Phi) is 7.10. The second kappa shape index (κ2) is 10.2. The standard InChI is InChI=1S/C23H22F3N3O6/c24-23(25,26)35-17-4-1-15(2-5-17)14-33-22(32)29-11-9-28(10-12-29)8-7-19(30)16-3-6-18-20(13-16)34-21(31)27-18/h1-6,13H,7-12,14H2,(H,27,31). The lowest BCUT2D eigenvalue weighted by atomic mass is 10.1. The molecule has 4 rings (SSSR count). The molecule has 0 bridgehead atoms. The highest BCUT2D eigenvalue weighted by Crippen LogP contribution is 2.23. The van der Waals surface area contributed by atoms with Crippen molar-refractivity contribution in [1.29, 1.82) is 0 Å². The molecule has 3 aromatic rings. The van der Waals surface area contributed by atoms with Crippen LogP contribution in [0.3, 0.4) is 0 Å². The fraction of sp³-hybridized carbons (Fsp3) is 0.348. The van der Waals surface area contributed by atoms with Crippen LogP contribution in [0.2, 0.25) is 0 Å². The molecule has 186 valence electrons. The number of piperazine rings is 1. The zero-order valence-corrected chi connectivity index (χ0v) is 18.5. The lowest BCUT2D eigenvalue weighted by Crippen LogP contribution is -2.49. The molecule has 1 saturated heterocycles. The number of hydrogen-bond acceptors (Lipinski definition) is 7. The first-order valence-electron chi connectivity index (χ1n) is 10.8. The molecule has 1 aliphatic heterocycles. The van der Waals surface area contributed by atoms with E-state index < -0.39 is 18.2 Å². The summed E-state index contributed by atoms with van der Waals surface area (Å²) in [7, 11) is 0. The number of fused-ring (bicyclic) bond motifs is 1. The lowest BCUT2D eigenvalue weighted by Gasteiger charge is -2.33. The Morgan fingerprint density at radius 1 is 1.03 bits per heavy atom. The number of nitrogens with one attached hydrogen (secondary N) is 1. The normalized spacial score (nSPS) is 14.8. The quantitative estimate of drug-likeness (QED) is 0.502. The van der Waals surface area contributed by atoms with E-state index in [4.69, 9.17) is 9.15 Å². The number of amides is 1. The second-order valence-corrected chi connectivity index (χ2v) is 7.97. The minimum atomic E-state index is -4.76. The van der Waals surface area contributed by atoms with Crippen LogP contribution in [0.1, 0.15) is 22.3 Å². The van der Waals surface area contributed by atoms with Gasteiger partial charge in [0, 0.05) is 44.7 Å². The van der Waals surface area contributed by atoms with Crippen molar-refractivity contribution in [1.82, 2.24) is 14.8 Å². The fourth-order valence-corrected chi connectivity index (χ4v) is 3.70. The third-order valence-corrected chi connectivity index (χ3v) is 5.55. The van der Waals surface area contributed by atoms with Crippen molar-refractivity contribution < 1.29 is 36.7 Å². The second-order valence-electron chi connectivity index (χ2n) is 7.97. The molecule has 1 aromatic heterocycles. The maximum Gasteiger partial charge on any atom is 0.573 e. The van der Waals surface area contributed by atoms with Gasteiger partial charge in [0.05, 0.1) is 5.52 Å². The summed E-state index contributed by atoms with van der Waals surface area (Å²) in [5.41, 5.74) is 1.85. The van der Waals surface area contributed by atoms with Crippen LogP contribution in [-0.4, -0.2) is 65.7 Å². The first-order chi connectivity index (χ1) is 16.7. The highest BCUT2D eigenvalue weighted by Gasteiger charge is 2.31. The Bertz CT molecular complexity index is 1240. The predicted octanol–water partition coefficient (Wildman–Crippen LogP) is 3.55. The fourth-order valence-electron chi connectivity index (χ4n) is 3.70. The Hall–Kier alpha value is -3.80. The van der Waals surface area contributed by atoms with Crippen LogP contribution in [0, 0.1) is 0 Å². The molecule has 2 heterocycles. The molecule has 0 spiro atoms. The number of ether oxygens (including phenoxy) is 2. The summed E-state index contributed by atoms with van der Waals surface area (Å²) in [5, 5.41) is 0. The zero-order chi connectivity index (χ0) is 25.0. The van der Waals surface area contributed by atoms with E-state index >= 15 is 0 Å². The molecule has 9 nitrogen and oxygen atoms in total. The molecule has 1 fully saturated rings. The number of halogens is 3. The van der Waals surface area contributed by atoms with E-state index in [2.05, 4.69) is 14.6 Å². The maximum absolute atomic E-state index is 12.5. The van der Waals surface area contributed by atoms with E-state index in [1.807, 2.05) is 0 Å². The number of ketones is 1. The minimum Gasteiger partial charge on any atom is -0.445 e. The number of oxazole rings is 1. The first-order valence-corrected chi connectivity index (χ1v) is 10.8. The van der Waals surface area contributed by atoms with Crippen molar-refractivity contribution in [3.05, 3.63) is 64.1 Å². The highest BCUT2D eigenvalue weighted by atomic mass is 19.4.